The molecule has 0 aliphatic heterocycles. The molecular weight excluding hydrogens is 236 g/mol. The van der Waals surface area contributed by atoms with E-state index in [4.69, 9.17) is 0 Å². The Hall–Kier alpha value is 1.97. The maximum absolute atomic E-state index is 0. The van der Waals surface area contributed by atoms with E-state index in [0.29, 0.717) is 0 Å². The van der Waals surface area contributed by atoms with Gasteiger partial charge in [0.15, 0.2) is 0 Å². The van der Waals surface area contributed by atoms with Crippen molar-refractivity contribution in [1.82, 2.24) is 0 Å². The molecular formula is CeO3Ti+. The van der Waals surface area contributed by atoms with Crippen molar-refractivity contribution in [3.63, 3.8) is 0 Å². The number of hydrogen-bond acceptors (Lipinski definition) is 0. The summed E-state index contributed by atoms with van der Waals surface area (Å²) in [5, 5.41) is 0. The van der Waals surface area contributed by atoms with Crippen LogP contribution < -0.4 is 0 Å². The molecule has 0 bridgehead atoms. The molecule has 5 heteroatoms. The fraction of sp³-hybridized carbons (Fsp3) is 0. The van der Waals surface area contributed by atoms with Crippen LogP contribution in [0.3, 0.4) is 0 Å². The van der Waals surface area contributed by atoms with Gasteiger partial charge < -0.3 is 16.4 Å². The molecule has 0 rings (SSSR count). The van der Waals surface area contributed by atoms with Crippen LogP contribution in [-0.4, -0.2) is 0 Å². The van der Waals surface area contributed by atoms with Gasteiger partial charge in [0.05, 0.1) is 0 Å². The summed E-state index contributed by atoms with van der Waals surface area (Å²) in [6, 6.07) is 0. The summed E-state index contributed by atoms with van der Waals surface area (Å²) in [6.45, 7) is 0. The first kappa shape index (κ1) is 64.0. The first-order valence-corrected chi connectivity index (χ1v) is 0. The topological polar surface area (TPSA) is 85.5 Å². The Morgan fingerprint density at radius 3 is 0.600 bits per heavy atom. The fourth-order valence-corrected chi connectivity index (χ4v) is 0. The van der Waals surface area contributed by atoms with E-state index >= 15 is 0 Å². The predicted octanol–water partition coefficient (Wildman–Crippen LogP) is -0.359. The molecule has 0 N–H and O–H groups in total. The molecule has 0 amide bonds. The van der Waals surface area contributed by atoms with Crippen molar-refractivity contribution in [2.24, 2.45) is 0 Å². The molecule has 0 unspecified atom stereocenters. The van der Waals surface area contributed by atoms with E-state index in [9.17, 15) is 0 Å². The van der Waals surface area contributed by atoms with E-state index in [1.54, 1.807) is 0 Å². The maximum Gasteiger partial charge on any atom is 4.00 e. The Morgan fingerprint density at radius 2 is 0.600 bits per heavy atom. The first-order valence-electron chi connectivity index (χ1n) is 0. The van der Waals surface area contributed by atoms with Crippen LogP contribution in [0.1, 0.15) is 0 Å². The summed E-state index contributed by atoms with van der Waals surface area (Å²) < 4.78 is 0. The van der Waals surface area contributed by atoms with Gasteiger partial charge in [0.1, 0.15) is 0 Å². The summed E-state index contributed by atoms with van der Waals surface area (Å²) in [6.07, 6.45) is 0. The summed E-state index contributed by atoms with van der Waals surface area (Å²) in [4.78, 5) is 0. The molecule has 1 radical (unpaired) electrons. The van der Waals surface area contributed by atoms with Crippen molar-refractivity contribution in [3.05, 3.63) is 0 Å². The molecule has 0 fully saturated rings. The molecule has 25 valence electrons. The average molecular weight is 236 g/mol. The molecule has 0 aliphatic carbocycles. The van der Waals surface area contributed by atoms with Gasteiger partial charge in [-0.05, 0) is 0 Å². The van der Waals surface area contributed by atoms with Crippen molar-refractivity contribution in [2.45, 2.75) is 0 Å². The van der Waals surface area contributed by atoms with Crippen LogP contribution in [0.2, 0.25) is 0 Å². The van der Waals surface area contributed by atoms with E-state index in [1.807, 2.05) is 0 Å². The van der Waals surface area contributed by atoms with Gasteiger partial charge in [-0.1, -0.05) is 0 Å². The number of rotatable bonds is 0. The molecule has 0 aromatic rings. The Kier molecular flexibility index (Phi) is 486. The monoisotopic (exact) mass is 236 g/mol. The first-order chi connectivity index (χ1) is 0. The third-order valence-electron chi connectivity index (χ3n) is 0. The summed E-state index contributed by atoms with van der Waals surface area (Å²) in [5.74, 6) is 0. The summed E-state index contributed by atoms with van der Waals surface area (Å²) in [5.41, 5.74) is 0. The van der Waals surface area contributed by atoms with Crippen molar-refractivity contribution in [2.75, 3.05) is 0 Å². The smallest absolute Gasteiger partial charge is 2.00 e. The zero-order valence-electron chi connectivity index (χ0n) is 2.22. The Morgan fingerprint density at radius 1 is 0.600 bits per heavy atom. The maximum atomic E-state index is 0. The van der Waals surface area contributed by atoms with Gasteiger partial charge in [0.25, 0.3) is 0 Å². The van der Waals surface area contributed by atoms with Gasteiger partial charge in [-0.3, -0.25) is 0 Å². The predicted molar refractivity (Wildman–Crippen MR) is 2.06 cm³/mol. The van der Waals surface area contributed by atoms with E-state index in [2.05, 4.69) is 0 Å². The quantitative estimate of drug-likeness (QED) is 0.514. The molecule has 5 heavy (non-hydrogen) atoms. The van der Waals surface area contributed by atoms with Gasteiger partial charge in [-0.15, -0.1) is 0 Å². The average Bonchev–Trinajstić information content (AvgIpc) is 0. The Labute approximate surface area is 78.7 Å². The van der Waals surface area contributed by atoms with E-state index in [-0.39, 0.29) is 79.9 Å². The molecule has 0 aliphatic rings. The second-order valence-electron chi connectivity index (χ2n) is 0. The molecule has 0 aromatic carbocycles. The standard InChI is InChI=1S/Ce.3O.Ti/q+3;3*-2;+4. The van der Waals surface area contributed by atoms with Crippen LogP contribution in [0.15, 0.2) is 0 Å². The molecule has 3 nitrogen and oxygen atoms in total. The van der Waals surface area contributed by atoms with Crippen LogP contribution in [0, 0.1) is 41.7 Å². The van der Waals surface area contributed by atoms with Crippen LogP contribution >= 0.6 is 0 Å². The van der Waals surface area contributed by atoms with Gasteiger partial charge in [0.2, 0.25) is 0 Å². The number of hydrogen-bond donors (Lipinski definition) is 0. The third kappa shape index (κ3) is 24.2. The summed E-state index contributed by atoms with van der Waals surface area (Å²) in [7, 11) is 0. The van der Waals surface area contributed by atoms with Gasteiger partial charge in [-0.2, -0.15) is 0 Å². The molecule has 0 heterocycles. The third-order valence-corrected chi connectivity index (χ3v) is 0. The van der Waals surface area contributed by atoms with Gasteiger partial charge in [-0.25, -0.2) is 0 Å². The van der Waals surface area contributed by atoms with Crippen molar-refractivity contribution < 1.29 is 79.9 Å². The second-order valence-corrected chi connectivity index (χ2v) is 0. The molecule has 0 saturated heterocycles. The molecule has 0 saturated carbocycles. The van der Waals surface area contributed by atoms with Gasteiger partial charge >= 0.3 is 63.5 Å². The minimum absolute atomic E-state index is 0. The SMILES string of the molecule is [Ce+3].[O-2].[O-2].[O-2].[Ti+4]. The normalized spacial score (nSPS) is 0. The van der Waals surface area contributed by atoms with Crippen LogP contribution in [0.4, 0.5) is 0 Å². The largest absolute Gasteiger partial charge is 4.00 e. The zero-order valence-corrected chi connectivity index (χ0v) is 6.93. The second kappa shape index (κ2) is 38.0. The minimum atomic E-state index is 0. The van der Waals surface area contributed by atoms with Crippen molar-refractivity contribution >= 4 is 0 Å². The molecule has 0 atom stereocenters. The summed E-state index contributed by atoms with van der Waals surface area (Å²) >= 11 is 0. The fourth-order valence-electron chi connectivity index (χ4n) is 0. The van der Waals surface area contributed by atoms with Crippen molar-refractivity contribution in [1.29, 1.82) is 0 Å². The Balaban J connectivity index is 0. The van der Waals surface area contributed by atoms with E-state index < -0.39 is 0 Å². The van der Waals surface area contributed by atoms with E-state index in [1.165, 1.54) is 0 Å². The molecule has 0 aromatic heterocycles. The minimum Gasteiger partial charge on any atom is -2.00 e. The van der Waals surface area contributed by atoms with Crippen LogP contribution in [0.25, 0.3) is 0 Å². The zero-order chi connectivity index (χ0) is 0. The van der Waals surface area contributed by atoms with Crippen LogP contribution in [-0.2, 0) is 38.1 Å². The Bertz CT molecular complexity index is 6.85. The van der Waals surface area contributed by atoms with E-state index in [0.717, 1.165) is 0 Å². The van der Waals surface area contributed by atoms with Gasteiger partial charge in [0, 0.05) is 0 Å². The molecule has 0 spiro atoms. The van der Waals surface area contributed by atoms with Crippen LogP contribution in [0.5, 0.6) is 0 Å². The van der Waals surface area contributed by atoms with Crippen molar-refractivity contribution in [3.8, 4) is 0 Å².